The SMILES string of the molecule is [CH3][Sn]([CH3])([CH3])[C]#Cc1cccs1. The van der Waals surface area contributed by atoms with Crippen molar-refractivity contribution in [2.24, 2.45) is 0 Å². The van der Waals surface area contributed by atoms with Gasteiger partial charge in [0.2, 0.25) is 0 Å². The molecular formula is C9H12SSn. The van der Waals surface area contributed by atoms with Gasteiger partial charge in [-0.3, -0.25) is 0 Å². The molecule has 0 spiro atoms. The van der Waals surface area contributed by atoms with E-state index >= 15 is 0 Å². The first-order valence-corrected chi connectivity index (χ1v) is 14.5. The molecule has 1 aromatic rings. The van der Waals surface area contributed by atoms with Gasteiger partial charge in [-0.1, -0.05) is 0 Å². The molecule has 0 fully saturated rings. The predicted octanol–water partition coefficient (Wildman–Crippen LogP) is 2.98. The van der Waals surface area contributed by atoms with Gasteiger partial charge in [-0.15, -0.1) is 0 Å². The first kappa shape index (κ1) is 9.15. The first-order chi connectivity index (χ1) is 5.08. The summed E-state index contributed by atoms with van der Waals surface area (Å²) in [7, 11) is 0. The molecule has 0 nitrogen and oxygen atoms in total. The van der Waals surface area contributed by atoms with Crippen molar-refractivity contribution in [2.75, 3.05) is 0 Å². The van der Waals surface area contributed by atoms with Crippen molar-refractivity contribution in [1.29, 1.82) is 0 Å². The maximum absolute atomic E-state index is 3.39. The van der Waals surface area contributed by atoms with Crippen LogP contribution in [0, 0.1) is 9.86 Å². The summed E-state index contributed by atoms with van der Waals surface area (Å²) in [5, 5.41) is 2.07. The van der Waals surface area contributed by atoms with E-state index in [4.69, 9.17) is 0 Å². The minimum atomic E-state index is -1.82. The van der Waals surface area contributed by atoms with Gasteiger partial charge in [0.15, 0.2) is 0 Å². The Morgan fingerprint density at radius 1 is 1.36 bits per heavy atom. The fourth-order valence-corrected chi connectivity index (χ4v) is 2.88. The van der Waals surface area contributed by atoms with E-state index in [2.05, 4.69) is 36.1 Å². The van der Waals surface area contributed by atoms with Gasteiger partial charge in [-0.25, -0.2) is 0 Å². The molecule has 0 saturated heterocycles. The zero-order chi connectivity index (χ0) is 8.32. The van der Waals surface area contributed by atoms with Gasteiger partial charge in [0, 0.05) is 0 Å². The van der Waals surface area contributed by atoms with Crippen LogP contribution in [0.15, 0.2) is 17.5 Å². The molecule has 1 heterocycles. The monoisotopic (exact) mass is 272 g/mol. The zero-order valence-electron chi connectivity index (χ0n) is 7.14. The van der Waals surface area contributed by atoms with E-state index in [0.717, 1.165) is 0 Å². The Kier molecular flexibility index (Phi) is 3.03. The molecule has 0 bridgehead atoms. The van der Waals surface area contributed by atoms with E-state index in [1.165, 1.54) is 4.88 Å². The fourth-order valence-electron chi connectivity index (χ4n) is 0.599. The Hall–Kier alpha value is 0.0587. The molecule has 11 heavy (non-hydrogen) atoms. The number of hydrogen-bond acceptors (Lipinski definition) is 1. The Bertz CT molecular complexity index is 269. The van der Waals surface area contributed by atoms with Gasteiger partial charge < -0.3 is 0 Å². The van der Waals surface area contributed by atoms with Gasteiger partial charge in [-0.2, -0.15) is 0 Å². The van der Waals surface area contributed by atoms with E-state index in [9.17, 15) is 0 Å². The van der Waals surface area contributed by atoms with Crippen LogP contribution < -0.4 is 0 Å². The summed E-state index contributed by atoms with van der Waals surface area (Å²) < 4.78 is 3.39. The third-order valence-electron chi connectivity index (χ3n) is 1.08. The van der Waals surface area contributed by atoms with Crippen molar-refractivity contribution in [3.8, 4) is 9.86 Å². The predicted molar refractivity (Wildman–Crippen MR) is 54.5 cm³/mol. The van der Waals surface area contributed by atoms with Crippen molar-refractivity contribution >= 4 is 29.7 Å². The van der Waals surface area contributed by atoms with Crippen molar-refractivity contribution < 1.29 is 0 Å². The molecule has 0 unspecified atom stereocenters. The van der Waals surface area contributed by atoms with Crippen LogP contribution in [-0.2, 0) is 0 Å². The van der Waals surface area contributed by atoms with E-state index in [1.807, 2.05) is 6.07 Å². The second-order valence-electron chi connectivity index (χ2n) is 3.48. The molecule has 1 aromatic heterocycles. The Morgan fingerprint density at radius 2 is 2.09 bits per heavy atom. The molecule has 0 N–H and O–H groups in total. The van der Waals surface area contributed by atoms with E-state index in [0.29, 0.717) is 0 Å². The number of rotatable bonds is 0. The normalized spacial score (nSPS) is 10.5. The Labute approximate surface area is 76.5 Å². The van der Waals surface area contributed by atoms with E-state index in [-0.39, 0.29) is 0 Å². The molecule has 0 radical (unpaired) electrons. The number of hydrogen-bond donors (Lipinski definition) is 0. The summed E-state index contributed by atoms with van der Waals surface area (Å²) in [4.78, 5) is 8.19. The molecule has 1 rings (SSSR count). The molecule has 0 aromatic carbocycles. The standard InChI is InChI=1S/C6H3S.3CH3.Sn/c1-2-6-4-3-5-7-6;;;;/h3-5H;3*1H3;. The summed E-state index contributed by atoms with van der Waals surface area (Å²) in [6.45, 7) is 0. The summed E-state index contributed by atoms with van der Waals surface area (Å²) in [6.07, 6.45) is 0. The summed E-state index contributed by atoms with van der Waals surface area (Å²) in [5.41, 5.74) is 0. The second-order valence-corrected chi connectivity index (χ2v) is 18.0. The first-order valence-electron chi connectivity index (χ1n) is 3.65. The van der Waals surface area contributed by atoms with Crippen LogP contribution in [0.25, 0.3) is 0 Å². The molecule has 2 heteroatoms. The van der Waals surface area contributed by atoms with Crippen LogP contribution in [0.2, 0.25) is 14.8 Å². The zero-order valence-corrected chi connectivity index (χ0v) is 10.8. The van der Waals surface area contributed by atoms with Crippen LogP contribution >= 0.6 is 11.3 Å². The van der Waals surface area contributed by atoms with Gasteiger partial charge in [0.25, 0.3) is 0 Å². The molecule has 0 aliphatic carbocycles. The Balaban J connectivity index is 2.74. The van der Waals surface area contributed by atoms with Gasteiger partial charge in [0.1, 0.15) is 0 Å². The molecular weight excluding hydrogens is 259 g/mol. The van der Waals surface area contributed by atoms with Crippen molar-refractivity contribution in [2.45, 2.75) is 14.8 Å². The van der Waals surface area contributed by atoms with Gasteiger partial charge in [-0.05, 0) is 0 Å². The summed E-state index contributed by atoms with van der Waals surface area (Å²) in [5.74, 6) is 3.23. The van der Waals surface area contributed by atoms with Crippen LogP contribution in [0.1, 0.15) is 4.88 Å². The Morgan fingerprint density at radius 3 is 2.55 bits per heavy atom. The second kappa shape index (κ2) is 3.64. The quantitative estimate of drug-likeness (QED) is 0.502. The van der Waals surface area contributed by atoms with E-state index in [1.54, 1.807) is 11.3 Å². The number of thiophene rings is 1. The van der Waals surface area contributed by atoms with E-state index < -0.39 is 18.4 Å². The van der Waals surface area contributed by atoms with Crippen LogP contribution in [0.4, 0.5) is 0 Å². The maximum atomic E-state index is 3.39. The average molecular weight is 271 g/mol. The summed E-state index contributed by atoms with van der Waals surface area (Å²) in [6, 6.07) is 4.13. The summed E-state index contributed by atoms with van der Waals surface area (Å²) >= 11 is -0.101. The molecule has 0 aliphatic rings. The van der Waals surface area contributed by atoms with Crippen molar-refractivity contribution in [3.63, 3.8) is 0 Å². The average Bonchev–Trinajstić information content (AvgIpc) is 2.32. The van der Waals surface area contributed by atoms with Crippen LogP contribution in [0.5, 0.6) is 0 Å². The third kappa shape index (κ3) is 3.83. The fraction of sp³-hybridized carbons (Fsp3) is 0.333. The van der Waals surface area contributed by atoms with Crippen LogP contribution in [0.3, 0.4) is 0 Å². The molecule has 0 aliphatic heterocycles. The third-order valence-corrected chi connectivity index (χ3v) is 4.36. The van der Waals surface area contributed by atoms with Gasteiger partial charge >= 0.3 is 76.8 Å². The van der Waals surface area contributed by atoms with Crippen molar-refractivity contribution in [1.82, 2.24) is 0 Å². The molecule has 0 atom stereocenters. The van der Waals surface area contributed by atoms with Gasteiger partial charge in [0.05, 0.1) is 0 Å². The van der Waals surface area contributed by atoms with Crippen LogP contribution in [-0.4, -0.2) is 18.4 Å². The molecule has 58 valence electrons. The molecule has 0 amide bonds. The minimum absolute atomic E-state index is 1.21. The topological polar surface area (TPSA) is 0 Å². The van der Waals surface area contributed by atoms with Crippen molar-refractivity contribution in [3.05, 3.63) is 22.4 Å². The molecule has 0 saturated carbocycles.